The fourth-order valence-corrected chi connectivity index (χ4v) is 6.65. The summed E-state index contributed by atoms with van der Waals surface area (Å²) in [6.07, 6.45) is 3.06. The molecule has 4 amide bonds. The Morgan fingerprint density at radius 2 is 1.50 bits per heavy atom. The summed E-state index contributed by atoms with van der Waals surface area (Å²) in [6, 6.07) is 18.6. The van der Waals surface area contributed by atoms with Gasteiger partial charge in [0.2, 0.25) is 27.7 Å². The van der Waals surface area contributed by atoms with Crippen LogP contribution in [0.3, 0.4) is 0 Å². The lowest BCUT2D eigenvalue weighted by Crippen LogP contribution is -2.55. The standard InChI is InChI=1S/C44H52N6O9S/c1-10-12-16-25-60(55,56)50-39(51)30-19-22-32(23-20-30)45-40(52)36(48-41(53)37(43(3,4)5)49-42(54)59-44(6,7)8)31-21-24-33(28(11-2)26-31)58-35-27-34(57-9)46-38(47-35)29-17-14-13-15-18-29/h10-11,13-15,17-24,26-27,36-37H,1-2,12,16,25H2,3-9H3,(H,45,52)(H,48,53)(H,49,54)(H,50,51)/t36-,37-/m1/s1. The predicted octanol–water partition coefficient (Wildman–Crippen LogP) is 7.35. The van der Waals surface area contributed by atoms with Gasteiger partial charge in [-0.3, -0.25) is 14.4 Å². The summed E-state index contributed by atoms with van der Waals surface area (Å²) in [5.41, 5.74) is 0.0869. The van der Waals surface area contributed by atoms with E-state index in [1.54, 1.807) is 65.8 Å². The lowest BCUT2D eigenvalue weighted by atomic mass is 9.86. The van der Waals surface area contributed by atoms with Gasteiger partial charge in [-0.05, 0) is 81.0 Å². The molecule has 15 nitrogen and oxygen atoms in total. The summed E-state index contributed by atoms with van der Waals surface area (Å²) in [4.78, 5) is 62.9. The predicted molar refractivity (Wildman–Crippen MR) is 230 cm³/mol. The average Bonchev–Trinajstić information content (AvgIpc) is 3.18. The number of aromatic nitrogens is 2. The molecule has 4 aromatic rings. The molecular weight excluding hydrogens is 789 g/mol. The monoisotopic (exact) mass is 840 g/mol. The third-order valence-corrected chi connectivity index (χ3v) is 9.87. The Bertz CT molecular complexity index is 2300. The quantitative estimate of drug-likeness (QED) is 0.0611. The van der Waals surface area contributed by atoms with Crippen molar-refractivity contribution in [2.24, 2.45) is 5.41 Å². The molecule has 16 heteroatoms. The molecule has 60 heavy (non-hydrogen) atoms. The number of carbonyl (C=O) groups is 4. The fraction of sp³-hybridized carbons (Fsp3) is 0.318. The van der Waals surface area contributed by atoms with Gasteiger partial charge in [0.05, 0.1) is 18.9 Å². The summed E-state index contributed by atoms with van der Waals surface area (Å²) in [5.74, 6) is -1.34. The van der Waals surface area contributed by atoms with E-state index in [0.717, 1.165) is 5.56 Å². The van der Waals surface area contributed by atoms with E-state index in [1.165, 1.54) is 43.5 Å². The van der Waals surface area contributed by atoms with Crippen LogP contribution in [-0.4, -0.2) is 66.7 Å². The maximum absolute atomic E-state index is 14.2. The zero-order valence-electron chi connectivity index (χ0n) is 34.8. The van der Waals surface area contributed by atoms with E-state index >= 15 is 0 Å². The van der Waals surface area contributed by atoms with Gasteiger partial charge in [0.15, 0.2) is 5.82 Å². The molecule has 0 aliphatic heterocycles. The van der Waals surface area contributed by atoms with Gasteiger partial charge in [-0.15, -0.1) is 6.58 Å². The molecule has 0 aliphatic carbocycles. The molecule has 1 aromatic heterocycles. The van der Waals surface area contributed by atoms with E-state index in [2.05, 4.69) is 39.1 Å². The largest absolute Gasteiger partial charge is 0.481 e. The summed E-state index contributed by atoms with van der Waals surface area (Å²) in [6.45, 7) is 17.8. The molecule has 4 N–H and O–H groups in total. The van der Waals surface area contributed by atoms with Crippen LogP contribution in [-0.2, 0) is 24.3 Å². The number of unbranched alkanes of at least 4 members (excludes halogenated alkanes) is 1. The topological polar surface area (TPSA) is 204 Å². The first-order chi connectivity index (χ1) is 28.2. The minimum absolute atomic E-state index is 0.0368. The summed E-state index contributed by atoms with van der Waals surface area (Å²) in [7, 11) is -2.41. The van der Waals surface area contributed by atoms with Crippen molar-refractivity contribution in [1.82, 2.24) is 25.3 Å². The van der Waals surface area contributed by atoms with Gasteiger partial charge in [-0.1, -0.05) is 75.9 Å². The number of nitrogens with one attached hydrogen (secondary N) is 4. The third-order valence-electron chi connectivity index (χ3n) is 8.54. The molecule has 0 saturated carbocycles. The van der Waals surface area contributed by atoms with Crippen molar-refractivity contribution in [3.63, 3.8) is 0 Å². The van der Waals surface area contributed by atoms with Crippen LogP contribution in [0.25, 0.3) is 17.5 Å². The number of methoxy groups -OCH3 is 1. The van der Waals surface area contributed by atoms with Crippen molar-refractivity contribution in [2.45, 2.75) is 72.1 Å². The lowest BCUT2D eigenvalue weighted by molar-refractivity contribution is -0.129. The molecule has 0 aliphatic rings. The van der Waals surface area contributed by atoms with E-state index in [9.17, 15) is 27.6 Å². The summed E-state index contributed by atoms with van der Waals surface area (Å²) < 4.78 is 43.8. The molecule has 0 fully saturated rings. The fourth-order valence-electron chi connectivity index (χ4n) is 5.60. The van der Waals surface area contributed by atoms with Crippen molar-refractivity contribution in [2.75, 3.05) is 18.2 Å². The number of nitrogens with zero attached hydrogens (tertiary/aromatic N) is 2. The second kappa shape index (κ2) is 19.9. The Morgan fingerprint density at radius 1 is 0.833 bits per heavy atom. The van der Waals surface area contributed by atoms with Crippen LogP contribution in [0.4, 0.5) is 10.5 Å². The first-order valence-corrected chi connectivity index (χ1v) is 20.7. The number of sulfonamides is 1. The molecule has 0 radical (unpaired) electrons. The van der Waals surface area contributed by atoms with Crippen LogP contribution in [0, 0.1) is 5.41 Å². The maximum Gasteiger partial charge on any atom is 0.408 e. The molecule has 2 atom stereocenters. The summed E-state index contributed by atoms with van der Waals surface area (Å²) >= 11 is 0. The van der Waals surface area contributed by atoms with Gasteiger partial charge in [0.25, 0.3) is 11.8 Å². The van der Waals surface area contributed by atoms with E-state index in [1.807, 2.05) is 35.1 Å². The Morgan fingerprint density at radius 3 is 2.10 bits per heavy atom. The lowest BCUT2D eigenvalue weighted by Gasteiger charge is -2.32. The molecule has 318 valence electrons. The van der Waals surface area contributed by atoms with Crippen LogP contribution in [0.15, 0.2) is 98.1 Å². The van der Waals surface area contributed by atoms with Gasteiger partial charge in [0, 0.05) is 22.4 Å². The highest BCUT2D eigenvalue weighted by atomic mass is 32.2. The van der Waals surface area contributed by atoms with E-state index in [-0.39, 0.29) is 28.8 Å². The van der Waals surface area contributed by atoms with Crippen molar-refractivity contribution in [1.29, 1.82) is 0 Å². The molecule has 0 bridgehead atoms. The molecule has 1 heterocycles. The van der Waals surface area contributed by atoms with Crippen LogP contribution in [0.5, 0.6) is 17.5 Å². The normalized spacial score (nSPS) is 12.5. The molecule has 0 saturated heterocycles. The van der Waals surface area contributed by atoms with Crippen LogP contribution >= 0.6 is 0 Å². The minimum Gasteiger partial charge on any atom is -0.481 e. The second-order valence-electron chi connectivity index (χ2n) is 15.7. The van der Waals surface area contributed by atoms with Crippen molar-refractivity contribution >= 4 is 45.6 Å². The number of ether oxygens (including phenoxy) is 3. The average molecular weight is 841 g/mol. The van der Waals surface area contributed by atoms with Crippen LogP contribution in [0.1, 0.15) is 81.9 Å². The number of amides is 4. The molecule has 0 spiro atoms. The zero-order valence-corrected chi connectivity index (χ0v) is 35.6. The van der Waals surface area contributed by atoms with E-state index in [0.29, 0.717) is 35.5 Å². The number of hydrogen-bond donors (Lipinski definition) is 4. The number of allylic oxidation sites excluding steroid dienone is 1. The van der Waals surface area contributed by atoms with Crippen molar-refractivity contribution in [3.05, 3.63) is 115 Å². The SMILES string of the molecule is C=CCCCS(=O)(=O)NC(=O)c1ccc(NC(=O)[C@H](NC(=O)[C@@H](NC(=O)OC(C)(C)C)C(C)(C)C)c2ccc(Oc3cc(OC)nc(-c4ccccc4)n3)c(C=C)c2)cc1. The number of alkyl carbamates (subject to hydrolysis) is 1. The Hall–Kier alpha value is -6.55. The maximum atomic E-state index is 14.2. The number of carbonyl (C=O) groups excluding carboxylic acids is 4. The highest BCUT2D eigenvalue weighted by Gasteiger charge is 2.37. The van der Waals surface area contributed by atoms with Crippen molar-refractivity contribution in [3.8, 4) is 28.9 Å². The molecule has 4 rings (SSSR count). The Balaban J connectivity index is 1.67. The van der Waals surface area contributed by atoms with Gasteiger partial charge in [0.1, 0.15) is 23.4 Å². The number of anilines is 1. The number of rotatable bonds is 17. The van der Waals surface area contributed by atoms with Crippen LogP contribution in [0.2, 0.25) is 0 Å². The Kier molecular flexibility index (Phi) is 15.3. The van der Waals surface area contributed by atoms with Gasteiger partial charge < -0.3 is 30.2 Å². The number of benzene rings is 3. The van der Waals surface area contributed by atoms with Crippen molar-refractivity contribution < 1.29 is 41.8 Å². The van der Waals surface area contributed by atoms with Crippen LogP contribution < -0.4 is 30.1 Å². The van der Waals surface area contributed by atoms with Gasteiger partial charge >= 0.3 is 6.09 Å². The smallest absolute Gasteiger partial charge is 0.408 e. The Labute approximate surface area is 351 Å². The highest BCUT2D eigenvalue weighted by Crippen LogP contribution is 2.32. The first-order valence-electron chi connectivity index (χ1n) is 19.0. The molecule has 0 unspecified atom stereocenters. The highest BCUT2D eigenvalue weighted by molar-refractivity contribution is 7.90. The summed E-state index contributed by atoms with van der Waals surface area (Å²) in [5, 5.41) is 8.19. The second-order valence-corrected chi connectivity index (χ2v) is 17.5. The van der Waals surface area contributed by atoms with Gasteiger partial charge in [-0.2, -0.15) is 9.97 Å². The number of hydrogen-bond acceptors (Lipinski definition) is 11. The van der Waals surface area contributed by atoms with E-state index < -0.39 is 56.9 Å². The minimum atomic E-state index is -3.88. The van der Waals surface area contributed by atoms with E-state index in [4.69, 9.17) is 14.2 Å². The first kappa shape index (κ1) is 46.1. The molecule has 3 aromatic carbocycles. The zero-order chi connectivity index (χ0) is 44.3. The van der Waals surface area contributed by atoms with Gasteiger partial charge in [-0.25, -0.2) is 17.9 Å². The molecular formula is C44H52N6O9S. The third kappa shape index (κ3) is 13.5.